The van der Waals surface area contributed by atoms with Gasteiger partial charge in [0.05, 0.1) is 18.4 Å². The highest BCUT2D eigenvalue weighted by Crippen LogP contribution is 2.28. The summed E-state index contributed by atoms with van der Waals surface area (Å²) in [6.07, 6.45) is 1.47. The molecule has 3 heterocycles. The van der Waals surface area contributed by atoms with Crippen LogP contribution in [0.4, 0.5) is 15.9 Å². The lowest BCUT2D eigenvalue weighted by Crippen LogP contribution is -2.28. The first-order chi connectivity index (χ1) is 12.0. The molecule has 1 amide bonds. The summed E-state index contributed by atoms with van der Waals surface area (Å²) in [6, 6.07) is 4.75. The zero-order valence-corrected chi connectivity index (χ0v) is 13.8. The Labute approximate surface area is 142 Å². The highest BCUT2D eigenvalue weighted by molar-refractivity contribution is 5.99. The maximum absolute atomic E-state index is 14.3. The van der Waals surface area contributed by atoms with Gasteiger partial charge in [0.2, 0.25) is 0 Å². The van der Waals surface area contributed by atoms with Crippen molar-refractivity contribution in [3.05, 3.63) is 47.0 Å². The molecule has 1 aliphatic heterocycles. The van der Waals surface area contributed by atoms with Crippen LogP contribution in [0.25, 0.3) is 5.65 Å². The molecular weight excluding hydrogens is 325 g/mol. The molecule has 1 aliphatic rings. The van der Waals surface area contributed by atoms with Crippen molar-refractivity contribution in [2.24, 2.45) is 0 Å². The van der Waals surface area contributed by atoms with Gasteiger partial charge < -0.3 is 15.4 Å². The van der Waals surface area contributed by atoms with Crippen molar-refractivity contribution in [1.29, 1.82) is 0 Å². The average molecular weight is 341 g/mol. The van der Waals surface area contributed by atoms with Crippen LogP contribution in [0.5, 0.6) is 5.75 Å². The molecule has 128 valence electrons. The molecule has 1 aromatic carbocycles. The van der Waals surface area contributed by atoms with Crippen molar-refractivity contribution in [3.8, 4) is 5.75 Å². The van der Waals surface area contributed by atoms with Crippen LogP contribution in [-0.4, -0.2) is 33.7 Å². The van der Waals surface area contributed by atoms with Gasteiger partial charge in [-0.15, -0.1) is 0 Å². The SMILES string of the molecule is Cc1cc(F)c2cc1OCCNC(=O)c1cnn3c(C)cc(nc13)N2. The maximum atomic E-state index is 14.3. The van der Waals surface area contributed by atoms with Gasteiger partial charge in [-0.05, 0) is 25.5 Å². The van der Waals surface area contributed by atoms with E-state index in [1.54, 1.807) is 23.6 Å². The number of halogens is 1. The monoisotopic (exact) mass is 341 g/mol. The summed E-state index contributed by atoms with van der Waals surface area (Å²) >= 11 is 0. The molecule has 2 N–H and O–H groups in total. The van der Waals surface area contributed by atoms with E-state index < -0.39 is 5.82 Å². The summed E-state index contributed by atoms with van der Waals surface area (Å²) in [7, 11) is 0. The van der Waals surface area contributed by atoms with Crippen LogP contribution in [0.15, 0.2) is 24.4 Å². The number of nitrogens with one attached hydrogen (secondary N) is 2. The molecule has 0 unspecified atom stereocenters. The first-order valence-corrected chi connectivity index (χ1v) is 7.86. The van der Waals surface area contributed by atoms with E-state index in [4.69, 9.17) is 4.74 Å². The number of hydrogen-bond acceptors (Lipinski definition) is 5. The number of ether oxygens (including phenoxy) is 1. The molecule has 0 fully saturated rings. The van der Waals surface area contributed by atoms with Crippen LogP contribution in [0.1, 0.15) is 21.6 Å². The second-order valence-corrected chi connectivity index (χ2v) is 5.90. The van der Waals surface area contributed by atoms with E-state index >= 15 is 0 Å². The van der Waals surface area contributed by atoms with Gasteiger partial charge >= 0.3 is 0 Å². The standard InChI is InChI=1S/C17H16FN5O2/c1-9-5-12(18)13-7-14(9)25-4-3-19-17(24)11-8-20-23-10(2)6-15(21-13)22-16(11)23/h5-8H,3-4H2,1-2H3,(H,19,24)(H,21,22). The summed E-state index contributed by atoms with van der Waals surface area (Å²) in [6.45, 7) is 4.19. The van der Waals surface area contributed by atoms with Crippen LogP contribution in [-0.2, 0) is 0 Å². The minimum Gasteiger partial charge on any atom is -0.491 e. The minimum atomic E-state index is -0.401. The van der Waals surface area contributed by atoms with Crippen molar-refractivity contribution in [2.75, 3.05) is 18.5 Å². The molecule has 3 aromatic rings. The van der Waals surface area contributed by atoms with E-state index in [0.29, 0.717) is 34.9 Å². The predicted octanol–water partition coefficient (Wildman–Crippen LogP) is 2.35. The molecule has 2 aromatic heterocycles. The van der Waals surface area contributed by atoms with E-state index in [1.807, 2.05) is 6.92 Å². The van der Waals surface area contributed by atoms with Crippen molar-refractivity contribution < 1.29 is 13.9 Å². The molecule has 0 saturated carbocycles. The largest absolute Gasteiger partial charge is 0.491 e. The van der Waals surface area contributed by atoms with Gasteiger partial charge in [-0.3, -0.25) is 4.79 Å². The summed E-state index contributed by atoms with van der Waals surface area (Å²) < 4.78 is 21.6. The number of aromatic nitrogens is 3. The Hall–Kier alpha value is -3.16. The number of carbonyl (C=O) groups is 1. The number of rotatable bonds is 0. The van der Waals surface area contributed by atoms with Crippen LogP contribution in [0, 0.1) is 19.7 Å². The third kappa shape index (κ3) is 2.65. The smallest absolute Gasteiger partial charge is 0.256 e. The summed E-state index contributed by atoms with van der Waals surface area (Å²) in [4.78, 5) is 16.8. The number of anilines is 2. The molecular formula is C17H16FN5O2. The summed E-state index contributed by atoms with van der Waals surface area (Å²) in [5.74, 6) is 0.296. The lowest BCUT2D eigenvalue weighted by molar-refractivity contribution is 0.0948. The number of nitrogens with zero attached hydrogens (tertiary/aromatic N) is 3. The normalized spacial score (nSPS) is 14.1. The molecule has 8 heteroatoms. The van der Waals surface area contributed by atoms with E-state index in [1.165, 1.54) is 12.3 Å². The molecule has 0 radical (unpaired) electrons. The average Bonchev–Trinajstić information content (AvgIpc) is 2.99. The third-order valence-electron chi connectivity index (χ3n) is 4.07. The van der Waals surface area contributed by atoms with Crippen LogP contribution < -0.4 is 15.4 Å². The molecule has 4 rings (SSSR count). The Morgan fingerprint density at radius 2 is 2.12 bits per heavy atom. The van der Waals surface area contributed by atoms with Gasteiger partial charge in [-0.1, -0.05) is 0 Å². The van der Waals surface area contributed by atoms with Gasteiger partial charge in [0.25, 0.3) is 5.91 Å². The highest BCUT2D eigenvalue weighted by atomic mass is 19.1. The fraction of sp³-hybridized carbons (Fsp3) is 0.235. The second-order valence-electron chi connectivity index (χ2n) is 5.90. The maximum Gasteiger partial charge on any atom is 0.256 e. The number of benzene rings is 1. The van der Waals surface area contributed by atoms with Crippen LogP contribution in [0.2, 0.25) is 0 Å². The van der Waals surface area contributed by atoms with E-state index in [9.17, 15) is 9.18 Å². The van der Waals surface area contributed by atoms with Crippen molar-refractivity contribution in [2.45, 2.75) is 13.8 Å². The fourth-order valence-corrected chi connectivity index (χ4v) is 2.80. The molecule has 25 heavy (non-hydrogen) atoms. The Morgan fingerprint density at radius 3 is 2.96 bits per heavy atom. The number of hydrogen-bond donors (Lipinski definition) is 2. The van der Waals surface area contributed by atoms with Crippen LogP contribution >= 0.6 is 0 Å². The van der Waals surface area contributed by atoms with Gasteiger partial charge in [-0.25, -0.2) is 13.9 Å². The predicted molar refractivity (Wildman–Crippen MR) is 90.0 cm³/mol. The number of fused-ring (bicyclic) bond motifs is 3. The van der Waals surface area contributed by atoms with Crippen molar-refractivity contribution in [1.82, 2.24) is 19.9 Å². The van der Waals surface area contributed by atoms with Gasteiger partial charge in [-0.2, -0.15) is 5.10 Å². The molecule has 7 nitrogen and oxygen atoms in total. The summed E-state index contributed by atoms with van der Waals surface area (Å²) in [5.41, 5.74) is 2.48. The van der Waals surface area contributed by atoms with Gasteiger partial charge in [0, 0.05) is 17.8 Å². The minimum absolute atomic E-state index is 0.261. The Balaban J connectivity index is 1.90. The highest BCUT2D eigenvalue weighted by Gasteiger charge is 2.17. The number of aryl methyl sites for hydroxylation is 2. The lowest BCUT2D eigenvalue weighted by atomic mass is 10.2. The van der Waals surface area contributed by atoms with Gasteiger partial charge in [0.1, 0.15) is 29.6 Å². The molecule has 0 spiro atoms. The zero-order valence-electron chi connectivity index (χ0n) is 13.8. The third-order valence-corrected chi connectivity index (χ3v) is 4.07. The number of carbonyl (C=O) groups excluding carboxylic acids is 1. The quantitative estimate of drug-likeness (QED) is 0.656. The summed E-state index contributed by atoms with van der Waals surface area (Å²) in [5, 5.41) is 9.95. The molecule has 0 atom stereocenters. The first-order valence-electron chi connectivity index (χ1n) is 7.86. The van der Waals surface area contributed by atoms with Gasteiger partial charge in [0.15, 0.2) is 5.65 Å². The Bertz CT molecular complexity index is 998. The lowest BCUT2D eigenvalue weighted by Gasteiger charge is -2.13. The topological polar surface area (TPSA) is 80.5 Å². The van der Waals surface area contributed by atoms with Crippen molar-refractivity contribution in [3.63, 3.8) is 0 Å². The van der Waals surface area contributed by atoms with E-state index in [2.05, 4.69) is 20.7 Å². The number of amides is 1. The molecule has 4 bridgehead atoms. The van der Waals surface area contributed by atoms with Crippen molar-refractivity contribution >= 4 is 23.1 Å². The fourth-order valence-electron chi connectivity index (χ4n) is 2.80. The van der Waals surface area contributed by atoms with E-state index in [-0.39, 0.29) is 18.2 Å². The molecule has 0 saturated heterocycles. The van der Waals surface area contributed by atoms with E-state index in [0.717, 1.165) is 5.69 Å². The zero-order chi connectivity index (χ0) is 17.6. The van der Waals surface area contributed by atoms with Crippen LogP contribution in [0.3, 0.4) is 0 Å². The Kier molecular flexibility index (Phi) is 3.52. The Morgan fingerprint density at radius 1 is 1.28 bits per heavy atom. The molecule has 0 aliphatic carbocycles. The first kappa shape index (κ1) is 15.4. The second kappa shape index (κ2) is 5.73.